The first-order chi connectivity index (χ1) is 9.17. The molecule has 0 aliphatic carbocycles. The number of methoxy groups -OCH3 is 2. The Morgan fingerprint density at radius 3 is 2.74 bits per heavy atom. The predicted molar refractivity (Wildman–Crippen MR) is 72.9 cm³/mol. The van der Waals surface area contributed by atoms with Crippen LogP contribution < -0.4 is 14.8 Å². The summed E-state index contributed by atoms with van der Waals surface area (Å²) < 4.78 is 10.3. The van der Waals surface area contributed by atoms with E-state index in [0.29, 0.717) is 23.5 Å². The fourth-order valence-corrected chi connectivity index (χ4v) is 2.86. The van der Waals surface area contributed by atoms with Crippen LogP contribution in [0, 0.1) is 0 Å². The van der Waals surface area contributed by atoms with Crippen molar-refractivity contribution in [2.75, 3.05) is 20.0 Å². The van der Waals surface area contributed by atoms with Gasteiger partial charge in [-0.05, 0) is 18.6 Å². The van der Waals surface area contributed by atoms with E-state index in [0.717, 1.165) is 5.75 Å². The Morgan fingerprint density at radius 1 is 1.37 bits per heavy atom. The van der Waals surface area contributed by atoms with Gasteiger partial charge in [-0.3, -0.25) is 9.59 Å². The van der Waals surface area contributed by atoms with E-state index >= 15 is 0 Å². The summed E-state index contributed by atoms with van der Waals surface area (Å²) >= 11 is 1.25. The summed E-state index contributed by atoms with van der Waals surface area (Å²) in [5.74, 6) is 1.29. The summed E-state index contributed by atoms with van der Waals surface area (Å²) in [6.45, 7) is 0. The van der Waals surface area contributed by atoms with E-state index in [9.17, 15) is 9.59 Å². The van der Waals surface area contributed by atoms with Crippen molar-refractivity contribution >= 4 is 22.8 Å². The molecule has 1 aliphatic rings. The Hall–Kier alpha value is -1.69. The van der Waals surface area contributed by atoms with E-state index in [1.807, 2.05) is 0 Å². The summed E-state index contributed by atoms with van der Waals surface area (Å²) in [5, 5.41) is 2.74. The predicted octanol–water partition coefficient (Wildman–Crippen LogP) is 1.47. The smallest absolute Gasteiger partial charge is 0.255 e. The van der Waals surface area contributed by atoms with Crippen LogP contribution in [0.1, 0.15) is 16.8 Å². The van der Waals surface area contributed by atoms with Crippen LogP contribution in [0.4, 0.5) is 0 Å². The van der Waals surface area contributed by atoms with Gasteiger partial charge in [0, 0.05) is 5.75 Å². The number of ether oxygens (including phenoxy) is 2. The molecule has 1 heterocycles. The summed E-state index contributed by atoms with van der Waals surface area (Å²) in [6.07, 6.45) is 0.668. The van der Waals surface area contributed by atoms with Gasteiger partial charge < -0.3 is 14.8 Å². The Labute approximate surface area is 115 Å². The van der Waals surface area contributed by atoms with Crippen LogP contribution in [0.3, 0.4) is 0 Å². The average Bonchev–Trinajstić information content (AvgIpc) is 2.83. The quantitative estimate of drug-likeness (QED) is 0.905. The third-order valence-electron chi connectivity index (χ3n) is 2.89. The summed E-state index contributed by atoms with van der Waals surface area (Å²) in [7, 11) is 2.99. The maximum absolute atomic E-state index is 12.2. The Morgan fingerprint density at radius 2 is 2.16 bits per heavy atom. The van der Waals surface area contributed by atoms with E-state index in [4.69, 9.17) is 9.47 Å². The summed E-state index contributed by atoms with van der Waals surface area (Å²) in [5.41, 5.74) is 0.367. The first kappa shape index (κ1) is 13.7. The van der Waals surface area contributed by atoms with Crippen LogP contribution in [0.5, 0.6) is 11.5 Å². The van der Waals surface area contributed by atoms with Crippen molar-refractivity contribution in [2.24, 2.45) is 0 Å². The highest BCUT2D eigenvalue weighted by molar-refractivity contribution is 8.14. The highest BCUT2D eigenvalue weighted by Crippen LogP contribution is 2.31. The second-order valence-corrected chi connectivity index (χ2v) is 5.12. The van der Waals surface area contributed by atoms with E-state index in [1.54, 1.807) is 18.2 Å². The van der Waals surface area contributed by atoms with Crippen molar-refractivity contribution in [3.8, 4) is 11.5 Å². The van der Waals surface area contributed by atoms with Gasteiger partial charge >= 0.3 is 0 Å². The van der Waals surface area contributed by atoms with Gasteiger partial charge in [-0.2, -0.15) is 0 Å². The lowest BCUT2D eigenvalue weighted by Crippen LogP contribution is -2.37. The maximum atomic E-state index is 12.2. The molecule has 1 atom stereocenters. The molecule has 1 unspecified atom stereocenters. The minimum atomic E-state index is -0.409. The third kappa shape index (κ3) is 2.84. The Bertz CT molecular complexity index is 503. The van der Waals surface area contributed by atoms with E-state index in [2.05, 4.69) is 5.32 Å². The number of amides is 1. The van der Waals surface area contributed by atoms with Crippen LogP contribution >= 0.6 is 11.8 Å². The summed E-state index contributed by atoms with van der Waals surface area (Å²) in [4.78, 5) is 23.7. The van der Waals surface area contributed by atoms with Gasteiger partial charge in [0.25, 0.3) is 5.91 Å². The van der Waals surface area contributed by atoms with Crippen molar-refractivity contribution in [2.45, 2.75) is 12.5 Å². The van der Waals surface area contributed by atoms with Crippen LogP contribution in [-0.4, -0.2) is 37.0 Å². The Balaban J connectivity index is 2.21. The number of hydrogen-bond acceptors (Lipinski definition) is 5. The Kier molecular flexibility index (Phi) is 4.31. The molecule has 0 radical (unpaired) electrons. The molecule has 102 valence electrons. The number of hydrogen-bond donors (Lipinski definition) is 1. The highest BCUT2D eigenvalue weighted by atomic mass is 32.2. The molecule has 1 aromatic rings. The zero-order valence-corrected chi connectivity index (χ0v) is 11.6. The zero-order chi connectivity index (χ0) is 13.8. The molecule has 0 bridgehead atoms. The molecular formula is C13H15NO4S. The minimum Gasteiger partial charge on any atom is -0.493 e. The van der Waals surface area contributed by atoms with Gasteiger partial charge in [0.15, 0.2) is 11.5 Å². The fourth-order valence-electron chi connectivity index (χ4n) is 1.93. The SMILES string of the molecule is COc1cccc(C(=O)NC2CCSC2=O)c1OC. The monoisotopic (exact) mass is 281 g/mol. The van der Waals surface area contributed by atoms with Gasteiger partial charge in [0.05, 0.1) is 25.8 Å². The molecule has 5 nitrogen and oxygen atoms in total. The standard InChI is InChI=1S/C13H15NO4S/c1-17-10-5-3-4-8(11(10)18-2)12(15)14-9-6-7-19-13(9)16/h3-5,9H,6-7H2,1-2H3,(H,14,15). The van der Waals surface area contributed by atoms with Gasteiger partial charge in [-0.25, -0.2) is 0 Å². The van der Waals surface area contributed by atoms with Gasteiger partial charge in [-0.15, -0.1) is 0 Å². The first-order valence-electron chi connectivity index (χ1n) is 5.86. The van der Waals surface area contributed by atoms with Crippen molar-refractivity contribution in [3.05, 3.63) is 23.8 Å². The molecule has 1 saturated heterocycles. The molecule has 1 fully saturated rings. The molecule has 0 saturated carbocycles. The number of carbonyl (C=O) groups excluding carboxylic acids is 2. The summed E-state index contributed by atoms with van der Waals surface area (Å²) in [6, 6.07) is 4.66. The van der Waals surface area contributed by atoms with Crippen LogP contribution in [0.15, 0.2) is 18.2 Å². The fraction of sp³-hybridized carbons (Fsp3) is 0.385. The number of nitrogens with one attached hydrogen (secondary N) is 1. The first-order valence-corrected chi connectivity index (χ1v) is 6.84. The maximum Gasteiger partial charge on any atom is 0.255 e. The molecule has 2 rings (SSSR count). The number of rotatable bonds is 4. The van der Waals surface area contributed by atoms with Crippen molar-refractivity contribution in [3.63, 3.8) is 0 Å². The van der Waals surface area contributed by atoms with Gasteiger partial charge in [-0.1, -0.05) is 17.8 Å². The minimum absolute atomic E-state index is 0.00946. The molecule has 0 spiro atoms. The molecule has 1 aliphatic heterocycles. The van der Waals surface area contributed by atoms with Crippen LogP contribution in [0.2, 0.25) is 0 Å². The topological polar surface area (TPSA) is 64.6 Å². The second kappa shape index (κ2) is 5.97. The lowest BCUT2D eigenvalue weighted by molar-refractivity contribution is -0.112. The second-order valence-electron chi connectivity index (χ2n) is 4.02. The van der Waals surface area contributed by atoms with Gasteiger partial charge in [0.1, 0.15) is 0 Å². The third-order valence-corrected chi connectivity index (χ3v) is 3.90. The van der Waals surface area contributed by atoms with Crippen LogP contribution in [-0.2, 0) is 4.79 Å². The van der Waals surface area contributed by atoms with Crippen LogP contribution in [0.25, 0.3) is 0 Å². The lowest BCUT2D eigenvalue weighted by Gasteiger charge is -2.14. The molecule has 19 heavy (non-hydrogen) atoms. The number of benzene rings is 1. The number of carbonyl (C=O) groups is 2. The molecule has 0 aromatic heterocycles. The lowest BCUT2D eigenvalue weighted by atomic mass is 10.1. The van der Waals surface area contributed by atoms with Crippen molar-refractivity contribution in [1.29, 1.82) is 0 Å². The largest absolute Gasteiger partial charge is 0.493 e. The number of para-hydroxylation sites is 1. The van der Waals surface area contributed by atoms with Crippen molar-refractivity contribution < 1.29 is 19.1 Å². The normalized spacial score (nSPS) is 18.2. The molecule has 1 aromatic carbocycles. The van der Waals surface area contributed by atoms with E-state index in [1.165, 1.54) is 26.0 Å². The van der Waals surface area contributed by atoms with E-state index < -0.39 is 6.04 Å². The molecular weight excluding hydrogens is 266 g/mol. The van der Waals surface area contributed by atoms with E-state index in [-0.39, 0.29) is 11.0 Å². The average molecular weight is 281 g/mol. The zero-order valence-electron chi connectivity index (χ0n) is 10.8. The van der Waals surface area contributed by atoms with Crippen molar-refractivity contribution in [1.82, 2.24) is 5.32 Å². The molecule has 1 amide bonds. The van der Waals surface area contributed by atoms with Gasteiger partial charge in [0.2, 0.25) is 5.12 Å². The highest BCUT2D eigenvalue weighted by Gasteiger charge is 2.28. The number of thioether (sulfide) groups is 1. The molecule has 1 N–H and O–H groups in total. The molecule has 6 heteroatoms.